The van der Waals surface area contributed by atoms with Gasteiger partial charge in [0.25, 0.3) is 0 Å². The van der Waals surface area contributed by atoms with Crippen molar-refractivity contribution in [1.82, 2.24) is 0 Å². The molecule has 136 valence electrons. The molecule has 0 saturated carbocycles. The van der Waals surface area contributed by atoms with E-state index in [2.05, 4.69) is 0 Å². The molecule has 2 aliphatic heterocycles. The van der Waals surface area contributed by atoms with Gasteiger partial charge in [0.1, 0.15) is 43.2 Å². The minimum Gasteiger partial charge on any atom is -0.394 e. The summed E-state index contributed by atoms with van der Waals surface area (Å²) in [4.78, 5) is 0. The lowest BCUT2D eigenvalue weighted by molar-refractivity contribution is -0.296. The average Bonchev–Trinajstić information content (AvgIpc) is 2.93. The normalized spacial score (nSPS) is 50.6. The van der Waals surface area contributed by atoms with Crippen LogP contribution in [-0.4, -0.2) is 115 Å². The monoisotopic (exact) mass is 342 g/mol. The summed E-state index contributed by atoms with van der Waals surface area (Å²) in [6, 6.07) is 0. The van der Waals surface area contributed by atoms with E-state index in [1.165, 1.54) is 0 Å². The molecule has 8 atom stereocenters. The highest BCUT2D eigenvalue weighted by molar-refractivity contribution is 4.99. The zero-order valence-electron chi connectivity index (χ0n) is 12.1. The third-order valence-corrected chi connectivity index (χ3v) is 4.15. The van der Waals surface area contributed by atoms with Crippen molar-refractivity contribution >= 4 is 0 Å². The minimum absolute atomic E-state index is 0.553. The third-order valence-electron chi connectivity index (χ3n) is 4.15. The lowest BCUT2D eigenvalue weighted by Crippen LogP contribution is -2.50. The van der Waals surface area contributed by atoms with Crippen LogP contribution in [0, 0.1) is 0 Å². The minimum atomic E-state index is -2.37. The van der Waals surface area contributed by atoms with Gasteiger partial charge in [-0.3, -0.25) is 0 Å². The van der Waals surface area contributed by atoms with Crippen LogP contribution in [0.1, 0.15) is 0 Å². The van der Waals surface area contributed by atoms with Gasteiger partial charge >= 0.3 is 0 Å². The fraction of sp³-hybridized carbons (Fsp3) is 1.00. The van der Waals surface area contributed by atoms with Crippen LogP contribution >= 0.6 is 0 Å². The van der Waals surface area contributed by atoms with Crippen molar-refractivity contribution in [2.45, 2.75) is 48.2 Å². The van der Waals surface area contributed by atoms with E-state index in [0.717, 1.165) is 0 Å². The zero-order valence-corrected chi connectivity index (χ0v) is 12.1. The maximum Gasteiger partial charge on any atom is 0.221 e. The van der Waals surface area contributed by atoms with Crippen molar-refractivity contribution in [2.75, 3.05) is 26.4 Å². The van der Waals surface area contributed by atoms with Crippen molar-refractivity contribution in [1.29, 1.82) is 0 Å². The van der Waals surface area contributed by atoms with Crippen molar-refractivity contribution in [3.8, 4) is 0 Å². The van der Waals surface area contributed by atoms with Gasteiger partial charge in [-0.25, -0.2) is 0 Å². The molecule has 8 unspecified atom stereocenters. The molecule has 8 N–H and O–H groups in total. The predicted molar refractivity (Wildman–Crippen MR) is 68.7 cm³/mol. The van der Waals surface area contributed by atoms with Crippen LogP contribution in [0.2, 0.25) is 0 Å². The zero-order chi connectivity index (χ0) is 17.4. The van der Waals surface area contributed by atoms with Crippen LogP contribution in [0.4, 0.5) is 0 Å². The highest BCUT2D eigenvalue weighted by Gasteiger charge is 2.57. The quantitative estimate of drug-likeness (QED) is 0.230. The molecule has 0 radical (unpaired) electrons. The molecular formula is C12H22O11. The predicted octanol–water partition coefficient (Wildman–Crippen LogP) is -5.39. The summed E-state index contributed by atoms with van der Waals surface area (Å²) in [7, 11) is 0. The molecule has 2 aliphatic rings. The van der Waals surface area contributed by atoms with Gasteiger partial charge in [-0.15, -0.1) is 0 Å². The first-order valence-corrected chi connectivity index (χ1v) is 7.01. The maximum atomic E-state index is 9.94. The van der Waals surface area contributed by atoms with Crippen molar-refractivity contribution in [3.05, 3.63) is 0 Å². The number of rotatable bonds is 6. The van der Waals surface area contributed by atoms with Crippen LogP contribution in [0.3, 0.4) is 0 Å². The second kappa shape index (κ2) is 6.82. The summed E-state index contributed by atoms with van der Waals surface area (Å²) >= 11 is 0. The van der Waals surface area contributed by atoms with Gasteiger partial charge in [-0.2, -0.15) is 0 Å². The standard InChI is InChI=1S/C12H22O11/c13-1-5-7(16)10(19)12(4-15,23-5)21-2-6-8(17)9(18)11(20,3-14)22-6/h5-10,13-20H,1-4H2. The molecule has 0 aromatic heterocycles. The first-order valence-electron chi connectivity index (χ1n) is 7.01. The Hall–Kier alpha value is -0.440. The molecular weight excluding hydrogens is 320 g/mol. The number of ether oxygens (including phenoxy) is 3. The van der Waals surface area contributed by atoms with Crippen LogP contribution in [0.25, 0.3) is 0 Å². The molecule has 11 nitrogen and oxygen atoms in total. The van der Waals surface area contributed by atoms with Crippen molar-refractivity contribution in [2.24, 2.45) is 0 Å². The summed E-state index contributed by atoms with van der Waals surface area (Å²) < 4.78 is 15.3. The van der Waals surface area contributed by atoms with Crippen molar-refractivity contribution in [3.63, 3.8) is 0 Å². The van der Waals surface area contributed by atoms with Crippen molar-refractivity contribution < 1.29 is 55.1 Å². The average molecular weight is 342 g/mol. The molecule has 0 amide bonds. The molecule has 2 rings (SSSR count). The van der Waals surface area contributed by atoms with Crippen LogP contribution < -0.4 is 0 Å². The lowest BCUT2D eigenvalue weighted by atomic mass is 10.0. The van der Waals surface area contributed by atoms with Gasteiger partial charge in [0.05, 0.1) is 19.8 Å². The van der Waals surface area contributed by atoms with E-state index in [9.17, 15) is 30.6 Å². The van der Waals surface area contributed by atoms with Gasteiger partial charge in [0, 0.05) is 0 Å². The molecule has 0 aliphatic carbocycles. The SMILES string of the molecule is OCC1OC(CO)(OCC2OC(O)(CO)C(O)C2O)C(O)C1O. The summed E-state index contributed by atoms with van der Waals surface area (Å²) in [5.41, 5.74) is 0. The van der Waals surface area contributed by atoms with E-state index < -0.39 is 74.6 Å². The molecule has 0 spiro atoms. The van der Waals surface area contributed by atoms with E-state index in [0.29, 0.717) is 0 Å². The van der Waals surface area contributed by atoms with Crippen LogP contribution in [0.5, 0.6) is 0 Å². The van der Waals surface area contributed by atoms with E-state index in [4.69, 9.17) is 24.4 Å². The number of hydrogen-bond donors (Lipinski definition) is 8. The Labute approximate surface area is 130 Å². The Morgan fingerprint density at radius 3 is 1.87 bits per heavy atom. The summed E-state index contributed by atoms with van der Waals surface area (Å²) in [6.45, 7) is -3.04. The van der Waals surface area contributed by atoms with Gasteiger partial charge in [0.2, 0.25) is 11.6 Å². The molecule has 0 bridgehead atoms. The largest absolute Gasteiger partial charge is 0.394 e. The Bertz CT molecular complexity index is 408. The first kappa shape index (κ1) is 18.9. The Morgan fingerprint density at radius 1 is 0.826 bits per heavy atom. The van der Waals surface area contributed by atoms with E-state index in [-0.39, 0.29) is 0 Å². The van der Waals surface area contributed by atoms with Crippen LogP contribution in [0.15, 0.2) is 0 Å². The molecule has 2 heterocycles. The fourth-order valence-electron chi connectivity index (χ4n) is 2.66. The molecule has 0 aromatic rings. The summed E-state index contributed by atoms with van der Waals surface area (Å²) in [5.74, 6) is -4.44. The van der Waals surface area contributed by atoms with E-state index >= 15 is 0 Å². The number of hydrogen-bond acceptors (Lipinski definition) is 11. The van der Waals surface area contributed by atoms with Gasteiger partial charge in [0.15, 0.2) is 0 Å². The van der Waals surface area contributed by atoms with E-state index in [1.54, 1.807) is 0 Å². The molecule has 11 heteroatoms. The number of aliphatic hydroxyl groups excluding tert-OH is 7. The summed E-state index contributed by atoms with van der Waals surface area (Å²) in [6.07, 6.45) is -9.10. The maximum absolute atomic E-state index is 9.94. The molecule has 2 fully saturated rings. The van der Waals surface area contributed by atoms with Gasteiger partial charge in [-0.1, -0.05) is 0 Å². The highest BCUT2D eigenvalue weighted by atomic mass is 16.7. The number of aliphatic hydroxyl groups is 8. The highest BCUT2D eigenvalue weighted by Crippen LogP contribution is 2.34. The van der Waals surface area contributed by atoms with Gasteiger partial charge < -0.3 is 55.1 Å². The first-order chi connectivity index (χ1) is 10.7. The fourth-order valence-corrected chi connectivity index (χ4v) is 2.66. The van der Waals surface area contributed by atoms with Gasteiger partial charge in [-0.05, 0) is 0 Å². The summed E-state index contributed by atoms with van der Waals surface area (Å²) in [5, 5.41) is 76.3. The molecule has 2 saturated heterocycles. The second-order valence-corrected chi connectivity index (χ2v) is 5.65. The smallest absolute Gasteiger partial charge is 0.221 e. The Balaban J connectivity index is 2.04. The van der Waals surface area contributed by atoms with Crippen LogP contribution in [-0.2, 0) is 14.2 Å². The van der Waals surface area contributed by atoms with E-state index in [1.807, 2.05) is 0 Å². The third kappa shape index (κ3) is 3.10. The Morgan fingerprint density at radius 2 is 1.43 bits per heavy atom. The topological polar surface area (TPSA) is 190 Å². The second-order valence-electron chi connectivity index (χ2n) is 5.65. The molecule has 0 aromatic carbocycles. The molecule has 23 heavy (non-hydrogen) atoms. The lowest BCUT2D eigenvalue weighted by Gasteiger charge is -2.31. The Kier molecular flexibility index (Phi) is 5.60.